The minimum Gasteiger partial charge on any atom is -0.207 e. The fourth-order valence-electron chi connectivity index (χ4n) is 4.37. The molecule has 1 fully saturated rings. The Kier molecular flexibility index (Phi) is 9.31. The average Bonchev–Trinajstić information content (AvgIpc) is 2.64. The van der Waals surface area contributed by atoms with E-state index in [9.17, 15) is 8.78 Å². The fraction of sp³-hybridized carbons (Fsp3) is 0.739. The van der Waals surface area contributed by atoms with Crippen LogP contribution in [0.3, 0.4) is 0 Å². The number of benzene rings is 1. The van der Waals surface area contributed by atoms with E-state index in [1.54, 1.807) is 12.1 Å². The van der Waals surface area contributed by atoms with Crippen molar-refractivity contribution < 1.29 is 8.78 Å². The van der Waals surface area contributed by atoms with Crippen LogP contribution in [0.25, 0.3) is 0 Å². The highest BCUT2D eigenvalue weighted by atomic mass is 28.3. The van der Waals surface area contributed by atoms with Gasteiger partial charge in [0, 0.05) is 14.4 Å². The molecule has 0 N–H and O–H groups in total. The summed E-state index contributed by atoms with van der Waals surface area (Å²) in [4.78, 5) is 0. The first kappa shape index (κ1) is 21.6. The lowest BCUT2D eigenvalue weighted by molar-refractivity contribution is 0.492. The van der Waals surface area contributed by atoms with Crippen molar-refractivity contribution in [3.63, 3.8) is 0 Å². The van der Waals surface area contributed by atoms with E-state index in [1.807, 2.05) is 0 Å². The predicted octanol–water partition coefficient (Wildman–Crippen LogP) is 7.63. The lowest BCUT2D eigenvalue weighted by atomic mass is 9.90. The molecule has 0 radical (unpaired) electrons. The van der Waals surface area contributed by atoms with Crippen LogP contribution >= 0.6 is 0 Å². The minimum atomic E-state index is -0.586. The van der Waals surface area contributed by atoms with Gasteiger partial charge in [0.2, 0.25) is 0 Å². The molecule has 1 saturated heterocycles. The molecule has 0 aliphatic carbocycles. The summed E-state index contributed by atoms with van der Waals surface area (Å²) in [5, 5.41) is 0. The second kappa shape index (κ2) is 11.2. The summed E-state index contributed by atoms with van der Waals surface area (Å²) < 4.78 is 29.0. The molecule has 0 saturated carbocycles. The van der Waals surface area contributed by atoms with Crippen LogP contribution in [0.15, 0.2) is 12.1 Å². The first-order valence-electron chi connectivity index (χ1n) is 11.0. The molecule has 1 heterocycles. The molecule has 1 unspecified atom stereocenters. The topological polar surface area (TPSA) is 0 Å². The average molecular weight is 381 g/mol. The molecule has 1 aliphatic heterocycles. The summed E-state index contributed by atoms with van der Waals surface area (Å²) in [5.41, 5.74) is 1.20. The second-order valence-electron chi connectivity index (χ2n) is 8.60. The smallest absolute Gasteiger partial charge is 0.129 e. The summed E-state index contributed by atoms with van der Waals surface area (Å²) in [6.07, 6.45) is 10.6. The van der Waals surface area contributed by atoms with Crippen LogP contribution in [0.4, 0.5) is 8.78 Å². The number of unbranched alkanes of at least 4 members (excludes halogenated alkanes) is 4. The fourth-order valence-corrected chi connectivity index (χ4v) is 7.85. The van der Waals surface area contributed by atoms with Gasteiger partial charge in [-0.3, -0.25) is 0 Å². The molecular weight excluding hydrogens is 342 g/mol. The Morgan fingerprint density at radius 2 is 1.62 bits per heavy atom. The maximum absolute atomic E-state index is 14.5. The van der Waals surface area contributed by atoms with Crippen LogP contribution in [-0.2, 0) is 6.42 Å². The third-order valence-corrected chi connectivity index (χ3v) is 9.97. The van der Waals surface area contributed by atoms with Gasteiger partial charge >= 0.3 is 0 Å². The van der Waals surface area contributed by atoms with Crippen molar-refractivity contribution in [2.75, 3.05) is 0 Å². The number of rotatable bonds is 10. The standard InChI is InChI=1S/C23H38F2Si/c1-4-6-7-8-9-12-26-13-10-19(11-14-26)20-16-22(24)21(23(25)17-20)15-18(3)5-2/h16-19,26H,4-15H2,1-3H3. The Balaban J connectivity index is 1.85. The molecule has 1 aliphatic rings. The zero-order valence-corrected chi connectivity index (χ0v) is 18.3. The highest BCUT2D eigenvalue weighted by molar-refractivity contribution is 6.59. The Labute approximate surface area is 161 Å². The van der Waals surface area contributed by atoms with Gasteiger partial charge in [-0.25, -0.2) is 8.78 Å². The third kappa shape index (κ3) is 6.47. The van der Waals surface area contributed by atoms with Crippen LogP contribution in [0, 0.1) is 17.6 Å². The van der Waals surface area contributed by atoms with E-state index < -0.39 is 8.80 Å². The monoisotopic (exact) mass is 380 g/mol. The summed E-state index contributed by atoms with van der Waals surface area (Å²) >= 11 is 0. The van der Waals surface area contributed by atoms with Gasteiger partial charge in [-0.15, -0.1) is 0 Å². The van der Waals surface area contributed by atoms with Gasteiger partial charge in [-0.1, -0.05) is 77.4 Å². The summed E-state index contributed by atoms with van der Waals surface area (Å²) in [7, 11) is -0.586. The lowest BCUT2D eigenvalue weighted by Gasteiger charge is -2.28. The van der Waals surface area contributed by atoms with E-state index >= 15 is 0 Å². The molecule has 0 aromatic heterocycles. The molecule has 0 amide bonds. The van der Waals surface area contributed by atoms with E-state index in [2.05, 4.69) is 20.8 Å². The van der Waals surface area contributed by atoms with Crippen molar-refractivity contribution in [2.45, 2.75) is 103 Å². The maximum Gasteiger partial charge on any atom is 0.129 e. The van der Waals surface area contributed by atoms with Gasteiger partial charge < -0.3 is 0 Å². The minimum absolute atomic E-state index is 0.290. The van der Waals surface area contributed by atoms with Gasteiger partial charge in [0.05, 0.1) is 0 Å². The van der Waals surface area contributed by atoms with Crippen molar-refractivity contribution in [2.24, 2.45) is 5.92 Å². The van der Waals surface area contributed by atoms with Gasteiger partial charge in [-0.05, 0) is 48.8 Å². The van der Waals surface area contributed by atoms with E-state index in [-0.39, 0.29) is 11.6 Å². The van der Waals surface area contributed by atoms with Crippen LogP contribution in [0.2, 0.25) is 18.1 Å². The van der Waals surface area contributed by atoms with Crippen molar-refractivity contribution in [3.05, 3.63) is 34.9 Å². The van der Waals surface area contributed by atoms with Crippen LogP contribution in [0.1, 0.15) is 89.2 Å². The first-order chi connectivity index (χ1) is 12.5. The Morgan fingerprint density at radius 3 is 2.19 bits per heavy atom. The maximum atomic E-state index is 14.5. The Hall–Kier alpha value is -0.703. The lowest BCUT2D eigenvalue weighted by Crippen LogP contribution is -2.20. The molecular formula is C23H38F2Si. The number of halogens is 2. The predicted molar refractivity (Wildman–Crippen MR) is 112 cm³/mol. The van der Waals surface area contributed by atoms with E-state index in [1.165, 1.54) is 50.2 Å². The molecule has 3 heteroatoms. The van der Waals surface area contributed by atoms with Gasteiger partial charge in [0.25, 0.3) is 0 Å². The first-order valence-corrected chi connectivity index (χ1v) is 13.5. The molecule has 1 atom stereocenters. The largest absolute Gasteiger partial charge is 0.207 e. The van der Waals surface area contributed by atoms with Crippen molar-refractivity contribution >= 4 is 8.80 Å². The highest BCUT2D eigenvalue weighted by Gasteiger charge is 2.25. The highest BCUT2D eigenvalue weighted by Crippen LogP contribution is 2.36. The Morgan fingerprint density at radius 1 is 1.00 bits per heavy atom. The molecule has 0 bridgehead atoms. The molecule has 148 valence electrons. The van der Waals surface area contributed by atoms with Crippen LogP contribution in [0.5, 0.6) is 0 Å². The summed E-state index contributed by atoms with van der Waals surface area (Å²) in [6.45, 7) is 6.39. The summed E-state index contributed by atoms with van der Waals surface area (Å²) in [5.74, 6) is 0.0512. The van der Waals surface area contributed by atoms with E-state index in [0.29, 0.717) is 23.8 Å². The van der Waals surface area contributed by atoms with Gasteiger partial charge in [-0.2, -0.15) is 0 Å². The molecule has 0 nitrogen and oxygen atoms in total. The Bertz CT molecular complexity index is 512. The van der Waals surface area contributed by atoms with Crippen molar-refractivity contribution in [1.82, 2.24) is 0 Å². The van der Waals surface area contributed by atoms with Crippen LogP contribution in [-0.4, -0.2) is 8.80 Å². The molecule has 1 aromatic rings. The molecule has 1 aromatic carbocycles. The van der Waals surface area contributed by atoms with Crippen LogP contribution < -0.4 is 0 Å². The quantitative estimate of drug-likeness (QED) is 0.289. The third-order valence-electron chi connectivity index (χ3n) is 6.45. The molecule has 0 spiro atoms. The molecule has 2 rings (SSSR count). The zero-order chi connectivity index (χ0) is 18.9. The summed E-state index contributed by atoms with van der Waals surface area (Å²) in [6, 6.07) is 7.47. The van der Waals surface area contributed by atoms with Crippen molar-refractivity contribution in [1.29, 1.82) is 0 Å². The van der Waals surface area contributed by atoms with Crippen molar-refractivity contribution in [3.8, 4) is 0 Å². The number of hydrogen-bond acceptors (Lipinski definition) is 0. The SMILES string of the molecule is CCCCCCC[SiH]1CCC(c2cc(F)c(CC(C)CC)c(F)c2)CC1. The molecule has 26 heavy (non-hydrogen) atoms. The normalized spacial score (nSPS) is 21.7. The number of hydrogen-bond donors (Lipinski definition) is 0. The van der Waals surface area contributed by atoms with E-state index in [4.69, 9.17) is 0 Å². The second-order valence-corrected chi connectivity index (χ2v) is 12.1. The zero-order valence-electron chi connectivity index (χ0n) is 17.1. The van der Waals surface area contributed by atoms with Gasteiger partial charge in [0.1, 0.15) is 11.6 Å². The van der Waals surface area contributed by atoms with Gasteiger partial charge in [0.15, 0.2) is 0 Å². The van der Waals surface area contributed by atoms with E-state index in [0.717, 1.165) is 24.8 Å².